The zero-order valence-electron chi connectivity index (χ0n) is 10.2. The maximum Gasteiger partial charge on any atom is 0.409 e. The molecular formula is C11H15N3O3S. The Morgan fingerprint density at radius 2 is 2.00 bits per heavy atom. The van der Waals surface area contributed by atoms with Crippen LogP contribution < -0.4 is 0 Å². The minimum atomic E-state index is -0.307. The highest BCUT2D eigenvalue weighted by Gasteiger charge is 2.26. The van der Waals surface area contributed by atoms with Crippen molar-refractivity contribution >= 4 is 23.3 Å². The lowest BCUT2D eigenvalue weighted by molar-refractivity contribution is 0.0566. The first-order chi connectivity index (χ1) is 8.72. The molecule has 0 aliphatic carbocycles. The summed E-state index contributed by atoms with van der Waals surface area (Å²) in [5.41, 5.74) is 2.12. The first-order valence-corrected chi connectivity index (χ1v) is 6.75. The normalized spacial score (nSPS) is 15.6. The molecule has 98 valence electrons. The van der Waals surface area contributed by atoms with Gasteiger partial charge in [0.05, 0.1) is 12.1 Å². The van der Waals surface area contributed by atoms with Gasteiger partial charge >= 0.3 is 6.09 Å². The van der Waals surface area contributed by atoms with Gasteiger partial charge in [0.25, 0.3) is 5.91 Å². The Morgan fingerprint density at radius 1 is 1.33 bits per heavy atom. The van der Waals surface area contributed by atoms with E-state index in [0.29, 0.717) is 38.5 Å². The third kappa shape index (κ3) is 2.79. The van der Waals surface area contributed by atoms with E-state index >= 15 is 0 Å². The Hall–Kier alpha value is -1.63. The minimum Gasteiger partial charge on any atom is -0.450 e. The first kappa shape index (κ1) is 12.8. The van der Waals surface area contributed by atoms with E-state index in [9.17, 15) is 9.59 Å². The zero-order valence-corrected chi connectivity index (χ0v) is 11.0. The van der Waals surface area contributed by atoms with E-state index in [1.54, 1.807) is 27.6 Å². The Morgan fingerprint density at radius 3 is 2.56 bits per heavy atom. The summed E-state index contributed by atoms with van der Waals surface area (Å²) in [7, 11) is 0. The van der Waals surface area contributed by atoms with Crippen molar-refractivity contribution in [2.75, 3.05) is 32.8 Å². The van der Waals surface area contributed by atoms with Crippen molar-refractivity contribution in [3.05, 3.63) is 16.6 Å². The molecule has 0 N–H and O–H groups in total. The molecule has 0 saturated carbocycles. The van der Waals surface area contributed by atoms with Gasteiger partial charge in [0, 0.05) is 31.6 Å². The molecule has 1 saturated heterocycles. The maximum atomic E-state index is 12.0. The van der Waals surface area contributed by atoms with Crippen LogP contribution in [0.25, 0.3) is 0 Å². The number of piperazine rings is 1. The molecule has 0 atom stereocenters. The second-order valence-corrected chi connectivity index (χ2v) is 4.57. The van der Waals surface area contributed by atoms with Gasteiger partial charge in [-0.25, -0.2) is 9.78 Å². The number of amides is 2. The Balaban J connectivity index is 1.87. The van der Waals surface area contributed by atoms with Crippen LogP contribution in [-0.4, -0.2) is 59.6 Å². The van der Waals surface area contributed by atoms with E-state index in [1.165, 1.54) is 11.3 Å². The number of carbonyl (C=O) groups excluding carboxylic acids is 2. The summed E-state index contributed by atoms with van der Waals surface area (Å²) in [5.74, 6) is -0.0697. The highest BCUT2D eigenvalue weighted by molar-refractivity contribution is 7.07. The van der Waals surface area contributed by atoms with Gasteiger partial charge in [-0.05, 0) is 6.92 Å². The second-order valence-electron chi connectivity index (χ2n) is 3.85. The molecular weight excluding hydrogens is 254 g/mol. The van der Waals surface area contributed by atoms with Crippen molar-refractivity contribution in [1.82, 2.24) is 14.8 Å². The molecule has 2 rings (SSSR count). The quantitative estimate of drug-likeness (QED) is 0.805. The van der Waals surface area contributed by atoms with E-state index in [-0.39, 0.29) is 12.0 Å². The molecule has 2 heterocycles. The molecule has 6 nitrogen and oxygen atoms in total. The van der Waals surface area contributed by atoms with Crippen LogP contribution in [0, 0.1) is 0 Å². The standard InChI is InChI=1S/C11H15N3O3S/c1-2-17-11(16)14-5-3-13(4-6-14)10(15)9-7-18-8-12-9/h7-8H,2-6H2,1H3. The van der Waals surface area contributed by atoms with Crippen molar-refractivity contribution in [3.63, 3.8) is 0 Å². The van der Waals surface area contributed by atoms with Gasteiger partial charge in [-0.2, -0.15) is 0 Å². The van der Waals surface area contributed by atoms with Crippen LogP contribution >= 0.6 is 11.3 Å². The molecule has 7 heteroatoms. The van der Waals surface area contributed by atoms with Crippen molar-refractivity contribution < 1.29 is 14.3 Å². The fraction of sp³-hybridized carbons (Fsp3) is 0.545. The lowest BCUT2D eigenvalue weighted by atomic mass is 10.3. The number of aromatic nitrogens is 1. The lowest BCUT2D eigenvalue weighted by Gasteiger charge is -2.33. The molecule has 2 amide bonds. The Bertz CT molecular complexity index is 413. The maximum absolute atomic E-state index is 12.0. The van der Waals surface area contributed by atoms with Crippen molar-refractivity contribution in [3.8, 4) is 0 Å². The van der Waals surface area contributed by atoms with Crippen LogP contribution in [0.1, 0.15) is 17.4 Å². The fourth-order valence-corrected chi connectivity index (χ4v) is 2.31. The minimum absolute atomic E-state index is 0.0697. The molecule has 0 bridgehead atoms. The van der Waals surface area contributed by atoms with E-state index in [1.807, 2.05) is 0 Å². The summed E-state index contributed by atoms with van der Waals surface area (Å²) in [6.07, 6.45) is -0.307. The summed E-state index contributed by atoms with van der Waals surface area (Å²) < 4.78 is 4.92. The van der Waals surface area contributed by atoms with Crippen LogP contribution in [0.15, 0.2) is 10.9 Å². The summed E-state index contributed by atoms with van der Waals surface area (Å²) in [4.78, 5) is 30.8. The van der Waals surface area contributed by atoms with Crippen molar-refractivity contribution in [1.29, 1.82) is 0 Å². The highest BCUT2D eigenvalue weighted by Crippen LogP contribution is 2.09. The molecule has 1 aliphatic heterocycles. The van der Waals surface area contributed by atoms with Gasteiger partial charge in [-0.3, -0.25) is 4.79 Å². The zero-order chi connectivity index (χ0) is 13.0. The van der Waals surface area contributed by atoms with Gasteiger partial charge in [0.1, 0.15) is 5.69 Å². The van der Waals surface area contributed by atoms with Gasteiger partial charge < -0.3 is 14.5 Å². The monoisotopic (exact) mass is 269 g/mol. The molecule has 0 spiro atoms. The summed E-state index contributed by atoms with van der Waals surface area (Å²) in [6.45, 7) is 4.21. The van der Waals surface area contributed by atoms with E-state index in [4.69, 9.17) is 4.74 Å². The largest absolute Gasteiger partial charge is 0.450 e. The number of thiazole rings is 1. The molecule has 1 aromatic heterocycles. The topological polar surface area (TPSA) is 62.7 Å². The van der Waals surface area contributed by atoms with Crippen LogP contribution in [-0.2, 0) is 4.74 Å². The van der Waals surface area contributed by atoms with Crippen LogP contribution in [0.2, 0.25) is 0 Å². The number of hydrogen-bond donors (Lipinski definition) is 0. The van der Waals surface area contributed by atoms with E-state index < -0.39 is 0 Å². The number of nitrogens with zero attached hydrogens (tertiary/aromatic N) is 3. The lowest BCUT2D eigenvalue weighted by Crippen LogP contribution is -2.50. The average molecular weight is 269 g/mol. The Labute approximate surface area is 109 Å². The average Bonchev–Trinajstić information content (AvgIpc) is 2.92. The smallest absolute Gasteiger partial charge is 0.409 e. The van der Waals surface area contributed by atoms with Gasteiger partial charge in [0.15, 0.2) is 0 Å². The van der Waals surface area contributed by atoms with E-state index in [2.05, 4.69) is 4.98 Å². The fourth-order valence-electron chi connectivity index (χ4n) is 1.79. The summed E-state index contributed by atoms with van der Waals surface area (Å²) in [5, 5.41) is 1.74. The third-order valence-electron chi connectivity index (χ3n) is 2.74. The Kier molecular flexibility index (Phi) is 4.14. The number of ether oxygens (including phenoxy) is 1. The number of hydrogen-bond acceptors (Lipinski definition) is 5. The first-order valence-electron chi connectivity index (χ1n) is 5.81. The summed E-state index contributed by atoms with van der Waals surface area (Å²) in [6, 6.07) is 0. The molecule has 1 aliphatic rings. The second kappa shape index (κ2) is 5.81. The third-order valence-corrected chi connectivity index (χ3v) is 3.33. The number of rotatable bonds is 2. The van der Waals surface area contributed by atoms with Gasteiger partial charge in [-0.15, -0.1) is 11.3 Å². The predicted octanol–water partition coefficient (Wildman–Crippen LogP) is 1.06. The summed E-state index contributed by atoms with van der Waals surface area (Å²) >= 11 is 1.40. The molecule has 18 heavy (non-hydrogen) atoms. The van der Waals surface area contributed by atoms with Gasteiger partial charge in [0.2, 0.25) is 0 Å². The van der Waals surface area contributed by atoms with Crippen molar-refractivity contribution in [2.45, 2.75) is 6.92 Å². The molecule has 0 unspecified atom stereocenters. The van der Waals surface area contributed by atoms with Crippen LogP contribution in [0.4, 0.5) is 4.79 Å². The SMILES string of the molecule is CCOC(=O)N1CCN(C(=O)c2cscn2)CC1. The van der Waals surface area contributed by atoms with Crippen molar-refractivity contribution in [2.24, 2.45) is 0 Å². The molecule has 0 aromatic carbocycles. The van der Waals surface area contributed by atoms with Gasteiger partial charge in [-0.1, -0.05) is 0 Å². The van der Waals surface area contributed by atoms with Crippen LogP contribution in [0.3, 0.4) is 0 Å². The molecule has 0 radical (unpaired) electrons. The predicted molar refractivity (Wildman–Crippen MR) is 66.6 cm³/mol. The number of carbonyl (C=O) groups is 2. The highest BCUT2D eigenvalue weighted by atomic mass is 32.1. The van der Waals surface area contributed by atoms with E-state index in [0.717, 1.165) is 0 Å². The van der Waals surface area contributed by atoms with Crippen LogP contribution in [0.5, 0.6) is 0 Å². The molecule has 1 aromatic rings. The molecule has 1 fully saturated rings.